The summed E-state index contributed by atoms with van der Waals surface area (Å²) in [6.45, 7) is 10.2. The molecular weight excluding hydrogens is 238 g/mol. The van der Waals surface area contributed by atoms with Crippen LogP contribution in [0.4, 0.5) is 0 Å². The van der Waals surface area contributed by atoms with E-state index in [0.717, 1.165) is 45.1 Å². The van der Waals surface area contributed by atoms with E-state index < -0.39 is 0 Å². The average molecular weight is 263 g/mol. The molecule has 0 saturated carbocycles. The number of nitrogens with zero attached hydrogens (tertiary/aromatic N) is 1. The van der Waals surface area contributed by atoms with Crippen LogP contribution >= 0.6 is 0 Å². The Labute approximate surface area is 116 Å². The Morgan fingerprint density at radius 3 is 2.68 bits per heavy atom. The van der Waals surface area contributed by atoms with Crippen molar-refractivity contribution in [2.45, 2.75) is 39.9 Å². The fourth-order valence-electron chi connectivity index (χ4n) is 2.41. The van der Waals surface area contributed by atoms with E-state index in [9.17, 15) is 0 Å². The molecule has 3 heteroatoms. The van der Waals surface area contributed by atoms with Gasteiger partial charge in [-0.1, -0.05) is 19.9 Å². The van der Waals surface area contributed by atoms with Gasteiger partial charge >= 0.3 is 0 Å². The minimum Gasteiger partial charge on any atom is -0.494 e. The second kappa shape index (κ2) is 7.51. The van der Waals surface area contributed by atoms with Crippen LogP contribution in [0.25, 0.3) is 0 Å². The van der Waals surface area contributed by atoms with Gasteiger partial charge in [0.25, 0.3) is 0 Å². The summed E-state index contributed by atoms with van der Waals surface area (Å²) >= 11 is 0. The van der Waals surface area contributed by atoms with Crippen molar-refractivity contribution in [3.63, 3.8) is 0 Å². The van der Waals surface area contributed by atoms with Crippen molar-refractivity contribution in [2.24, 2.45) is 0 Å². The SMILES string of the molecule is CCN(CC)CCCCOc1ccc2c(c1)COC2. The lowest BCUT2D eigenvalue weighted by molar-refractivity contribution is 0.134. The lowest BCUT2D eigenvalue weighted by Gasteiger charge is -2.17. The van der Waals surface area contributed by atoms with Crippen LogP contribution in [0.3, 0.4) is 0 Å². The third-order valence-electron chi connectivity index (χ3n) is 3.72. The van der Waals surface area contributed by atoms with Gasteiger partial charge in [-0.05, 0) is 55.7 Å². The third-order valence-corrected chi connectivity index (χ3v) is 3.72. The first kappa shape index (κ1) is 14.4. The summed E-state index contributed by atoms with van der Waals surface area (Å²) in [6.07, 6.45) is 2.32. The predicted molar refractivity (Wildman–Crippen MR) is 77.5 cm³/mol. The third kappa shape index (κ3) is 4.22. The fraction of sp³-hybridized carbons (Fsp3) is 0.625. The molecule has 3 nitrogen and oxygen atoms in total. The molecule has 2 rings (SSSR count). The van der Waals surface area contributed by atoms with Crippen LogP contribution in [0, 0.1) is 0 Å². The van der Waals surface area contributed by atoms with Crippen molar-refractivity contribution in [3.05, 3.63) is 29.3 Å². The number of benzene rings is 1. The monoisotopic (exact) mass is 263 g/mol. The van der Waals surface area contributed by atoms with Crippen LogP contribution in [0.5, 0.6) is 5.75 Å². The summed E-state index contributed by atoms with van der Waals surface area (Å²) in [4.78, 5) is 2.45. The van der Waals surface area contributed by atoms with Crippen molar-refractivity contribution in [1.82, 2.24) is 4.90 Å². The summed E-state index contributed by atoms with van der Waals surface area (Å²) in [5.41, 5.74) is 2.58. The molecule has 0 fully saturated rings. The van der Waals surface area contributed by atoms with Gasteiger partial charge in [-0.25, -0.2) is 0 Å². The van der Waals surface area contributed by atoms with E-state index in [1.165, 1.54) is 24.1 Å². The lowest BCUT2D eigenvalue weighted by Crippen LogP contribution is -2.24. The molecule has 1 heterocycles. The van der Waals surface area contributed by atoms with Crippen LogP contribution in [-0.2, 0) is 18.0 Å². The number of rotatable bonds is 8. The molecule has 0 aliphatic carbocycles. The molecule has 0 N–H and O–H groups in total. The summed E-state index contributed by atoms with van der Waals surface area (Å²) in [6, 6.07) is 6.29. The van der Waals surface area contributed by atoms with E-state index in [1.807, 2.05) is 0 Å². The molecule has 0 aromatic heterocycles. The Balaban J connectivity index is 1.66. The fourth-order valence-corrected chi connectivity index (χ4v) is 2.41. The maximum atomic E-state index is 5.81. The van der Waals surface area contributed by atoms with Gasteiger partial charge in [-0.2, -0.15) is 0 Å². The largest absolute Gasteiger partial charge is 0.494 e. The summed E-state index contributed by atoms with van der Waals surface area (Å²) < 4.78 is 11.2. The van der Waals surface area contributed by atoms with Crippen LogP contribution in [0.1, 0.15) is 37.8 Å². The Morgan fingerprint density at radius 2 is 1.89 bits per heavy atom. The molecule has 19 heavy (non-hydrogen) atoms. The maximum Gasteiger partial charge on any atom is 0.119 e. The van der Waals surface area contributed by atoms with Gasteiger partial charge in [0.05, 0.1) is 19.8 Å². The number of ether oxygens (including phenoxy) is 2. The van der Waals surface area contributed by atoms with E-state index in [-0.39, 0.29) is 0 Å². The van der Waals surface area contributed by atoms with E-state index in [2.05, 4.69) is 36.9 Å². The second-order valence-electron chi connectivity index (χ2n) is 5.01. The minimum atomic E-state index is 0.731. The molecule has 0 saturated heterocycles. The normalized spacial score (nSPS) is 13.8. The van der Waals surface area contributed by atoms with E-state index in [4.69, 9.17) is 9.47 Å². The summed E-state index contributed by atoms with van der Waals surface area (Å²) in [7, 11) is 0. The molecule has 0 unspecified atom stereocenters. The zero-order valence-electron chi connectivity index (χ0n) is 12.2. The molecule has 0 bridgehead atoms. The number of hydrogen-bond donors (Lipinski definition) is 0. The summed E-state index contributed by atoms with van der Waals surface area (Å²) in [5.74, 6) is 0.979. The summed E-state index contributed by atoms with van der Waals surface area (Å²) in [5, 5.41) is 0. The highest BCUT2D eigenvalue weighted by Crippen LogP contribution is 2.24. The van der Waals surface area contributed by atoms with Crippen molar-refractivity contribution in [2.75, 3.05) is 26.2 Å². The molecule has 0 amide bonds. The van der Waals surface area contributed by atoms with Gasteiger partial charge in [-0.15, -0.1) is 0 Å². The molecule has 106 valence electrons. The smallest absolute Gasteiger partial charge is 0.119 e. The van der Waals surface area contributed by atoms with Gasteiger partial charge in [-0.3, -0.25) is 0 Å². The van der Waals surface area contributed by atoms with Gasteiger partial charge in [0.1, 0.15) is 5.75 Å². The topological polar surface area (TPSA) is 21.7 Å². The molecule has 1 aromatic rings. The highest BCUT2D eigenvalue weighted by molar-refractivity contribution is 5.36. The predicted octanol–water partition coefficient (Wildman–Crippen LogP) is 3.22. The molecule has 0 atom stereocenters. The van der Waals surface area contributed by atoms with Crippen LogP contribution < -0.4 is 4.74 Å². The lowest BCUT2D eigenvalue weighted by atomic mass is 10.1. The van der Waals surface area contributed by atoms with Gasteiger partial charge in [0.2, 0.25) is 0 Å². The highest BCUT2D eigenvalue weighted by atomic mass is 16.5. The van der Waals surface area contributed by atoms with Gasteiger partial charge < -0.3 is 14.4 Å². The van der Waals surface area contributed by atoms with Crippen molar-refractivity contribution in [1.29, 1.82) is 0 Å². The van der Waals surface area contributed by atoms with Crippen LogP contribution in [-0.4, -0.2) is 31.1 Å². The van der Waals surface area contributed by atoms with Gasteiger partial charge in [0.15, 0.2) is 0 Å². The number of fused-ring (bicyclic) bond motifs is 1. The Morgan fingerprint density at radius 1 is 1.11 bits per heavy atom. The van der Waals surface area contributed by atoms with E-state index >= 15 is 0 Å². The standard InChI is InChI=1S/C16H25NO2/c1-3-17(4-2)9-5-6-10-19-16-8-7-14-12-18-13-15(14)11-16/h7-8,11H,3-6,9-10,12-13H2,1-2H3. The molecule has 0 radical (unpaired) electrons. The molecule has 1 aliphatic heterocycles. The second-order valence-corrected chi connectivity index (χ2v) is 5.01. The van der Waals surface area contributed by atoms with Gasteiger partial charge in [0, 0.05) is 0 Å². The van der Waals surface area contributed by atoms with Crippen LogP contribution in [0.2, 0.25) is 0 Å². The Bertz CT molecular complexity index is 388. The first-order chi connectivity index (χ1) is 9.33. The molecule has 1 aliphatic rings. The first-order valence-electron chi connectivity index (χ1n) is 7.38. The van der Waals surface area contributed by atoms with E-state index in [0.29, 0.717) is 0 Å². The zero-order chi connectivity index (χ0) is 13.5. The van der Waals surface area contributed by atoms with Crippen molar-refractivity contribution >= 4 is 0 Å². The zero-order valence-corrected chi connectivity index (χ0v) is 12.2. The van der Waals surface area contributed by atoms with Crippen LogP contribution in [0.15, 0.2) is 18.2 Å². The Hall–Kier alpha value is -1.06. The maximum absolute atomic E-state index is 5.81. The van der Waals surface area contributed by atoms with Crippen molar-refractivity contribution < 1.29 is 9.47 Å². The molecular formula is C16H25NO2. The van der Waals surface area contributed by atoms with E-state index in [1.54, 1.807) is 0 Å². The molecule has 1 aromatic carbocycles. The average Bonchev–Trinajstić information content (AvgIpc) is 2.90. The molecule has 0 spiro atoms. The quantitative estimate of drug-likeness (QED) is 0.672. The highest BCUT2D eigenvalue weighted by Gasteiger charge is 2.11. The number of unbranched alkanes of at least 4 members (excludes halogenated alkanes) is 1. The van der Waals surface area contributed by atoms with Crippen molar-refractivity contribution in [3.8, 4) is 5.75 Å². The number of hydrogen-bond acceptors (Lipinski definition) is 3. The first-order valence-corrected chi connectivity index (χ1v) is 7.38. The Kier molecular flexibility index (Phi) is 5.67. The minimum absolute atomic E-state index is 0.731.